The van der Waals surface area contributed by atoms with Crippen LogP contribution in [-0.2, 0) is 0 Å². The fourth-order valence-electron chi connectivity index (χ4n) is 1.01. The summed E-state index contributed by atoms with van der Waals surface area (Å²) >= 11 is 0. The predicted octanol–water partition coefficient (Wildman–Crippen LogP) is 2.75. The molecule has 0 saturated heterocycles. The van der Waals surface area contributed by atoms with Crippen molar-refractivity contribution >= 4 is 0 Å². The number of aliphatic hydroxyl groups excluding tert-OH is 1. The van der Waals surface area contributed by atoms with E-state index in [0.717, 1.165) is 12.3 Å². The van der Waals surface area contributed by atoms with E-state index < -0.39 is 0 Å². The summed E-state index contributed by atoms with van der Waals surface area (Å²) in [6, 6.07) is 0. The third-order valence-electron chi connectivity index (χ3n) is 1.67. The van der Waals surface area contributed by atoms with Crippen molar-refractivity contribution in [1.82, 2.24) is 0 Å². The topological polar surface area (TPSA) is 20.2 Å². The standard InChI is InChI=1S/C10H20O/c1-10(2)8-6-4-3-5-7-9-11/h5,7,10-11H,3-4,6,8-9H2,1-2H3/b7-5+. The number of unbranched alkanes of at least 4 members (excludes halogenated alkanes) is 2. The van der Waals surface area contributed by atoms with E-state index in [1.807, 2.05) is 6.08 Å². The molecule has 0 radical (unpaired) electrons. The molecule has 0 aliphatic rings. The van der Waals surface area contributed by atoms with Crippen LogP contribution in [0, 0.1) is 5.92 Å². The van der Waals surface area contributed by atoms with Gasteiger partial charge in [0, 0.05) is 0 Å². The number of hydrogen-bond acceptors (Lipinski definition) is 1. The largest absolute Gasteiger partial charge is 0.392 e. The average Bonchev–Trinajstić information content (AvgIpc) is 1.96. The minimum Gasteiger partial charge on any atom is -0.392 e. The second-order valence-electron chi connectivity index (χ2n) is 3.33. The van der Waals surface area contributed by atoms with Crippen LogP contribution in [0.1, 0.15) is 39.5 Å². The molecule has 0 aromatic carbocycles. The maximum Gasteiger partial charge on any atom is 0.0612 e. The summed E-state index contributed by atoms with van der Waals surface area (Å²) < 4.78 is 0. The molecule has 0 heterocycles. The van der Waals surface area contributed by atoms with Crippen LogP contribution in [0.4, 0.5) is 0 Å². The Labute approximate surface area is 70.1 Å². The van der Waals surface area contributed by atoms with Crippen LogP contribution in [0.15, 0.2) is 12.2 Å². The molecule has 0 amide bonds. The molecule has 0 spiro atoms. The first-order valence-corrected chi connectivity index (χ1v) is 4.53. The van der Waals surface area contributed by atoms with E-state index in [-0.39, 0.29) is 6.61 Å². The first-order valence-electron chi connectivity index (χ1n) is 4.53. The van der Waals surface area contributed by atoms with E-state index in [1.54, 1.807) is 0 Å². The van der Waals surface area contributed by atoms with Crippen molar-refractivity contribution in [3.05, 3.63) is 12.2 Å². The lowest BCUT2D eigenvalue weighted by molar-refractivity contribution is 0.342. The first kappa shape index (κ1) is 10.7. The Morgan fingerprint density at radius 2 is 1.91 bits per heavy atom. The van der Waals surface area contributed by atoms with Gasteiger partial charge in [-0.2, -0.15) is 0 Å². The summed E-state index contributed by atoms with van der Waals surface area (Å²) in [6.07, 6.45) is 8.89. The summed E-state index contributed by atoms with van der Waals surface area (Å²) in [5.41, 5.74) is 0. The normalized spacial score (nSPS) is 11.6. The lowest BCUT2D eigenvalue weighted by atomic mass is 10.1. The van der Waals surface area contributed by atoms with Gasteiger partial charge in [-0.15, -0.1) is 0 Å². The van der Waals surface area contributed by atoms with Crippen molar-refractivity contribution in [2.24, 2.45) is 5.92 Å². The van der Waals surface area contributed by atoms with E-state index >= 15 is 0 Å². The zero-order valence-electron chi connectivity index (χ0n) is 7.71. The quantitative estimate of drug-likeness (QED) is 0.463. The second-order valence-corrected chi connectivity index (χ2v) is 3.33. The van der Waals surface area contributed by atoms with Crippen LogP contribution in [0.2, 0.25) is 0 Å². The molecule has 66 valence electrons. The number of aliphatic hydroxyl groups is 1. The summed E-state index contributed by atoms with van der Waals surface area (Å²) in [4.78, 5) is 0. The number of allylic oxidation sites excluding steroid dienone is 1. The molecule has 0 aromatic heterocycles. The lowest BCUT2D eigenvalue weighted by Gasteiger charge is -2.01. The van der Waals surface area contributed by atoms with Crippen LogP contribution >= 0.6 is 0 Å². The van der Waals surface area contributed by atoms with E-state index in [1.165, 1.54) is 19.3 Å². The van der Waals surface area contributed by atoms with Gasteiger partial charge in [-0.1, -0.05) is 38.8 Å². The third kappa shape index (κ3) is 9.70. The van der Waals surface area contributed by atoms with Crippen molar-refractivity contribution < 1.29 is 5.11 Å². The van der Waals surface area contributed by atoms with Crippen molar-refractivity contribution in [3.63, 3.8) is 0 Å². The van der Waals surface area contributed by atoms with Gasteiger partial charge in [-0.3, -0.25) is 0 Å². The summed E-state index contributed by atoms with van der Waals surface area (Å²) in [6.45, 7) is 4.69. The van der Waals surface area contributed by atoms with Crippen molar-refractivity contribution in [1.29, 1.82) is 0 Å². The van der Waals surface area contributed by atoms with Gasteiger partial charge in [0.25, 0.3) is 0 Å². The van der Waals surface area contributed by atoms with E-state index in [9.17, 15) is 0 Å². The van der Waals surface area contributed by atoms with Crippen LogP contribution in [0.3, 0.4) is 0 Å². The summed E-state index contributed by atoms with van der Waals surface area (Å²) in [5, 5.41) is 8.42. The Kier molecular flexibility index (Phi) is 7.59. The summed E-state index contributed by atoms with van der Waals surface area (Å²) in [7, 11) is 0. The van der Waals surface area contributed by atoms with Gasteiger partial charge in [0.2, 0.25) is 0 Å². The molecule has 0 aromatic rings. The van der Waals surface area contributed by atoms with Crippen molar-refractivity contribution in [2.75, 3.05) is 6.61 Å². The second kappa shape index (κ2) is 7.80. The molecule has 0 unspecified atom stereocenters. The van der Waals surface area contributed by atoms with E-state index in [0.29, 0.717) is 0 Å². The Morgan fingerprint density at radius 1 is 1.18 bits per heavy atom. The molecule has 0 aliphatic carbocycles. The van der Waals surface area contributed by atoms with Gasteiger partial charge >= 0.3 is 0 Å². The molecule has 0 rings (SSSR count). The first-order chi connectivity index (χ1) is 5.27. The van der Waals surface area contributed by atoms with Gasteiger partial charge in [-0.05, 0) is 18.8 Å². The molecular weight excluding hydrogens is 136 g/mol. The average molecular weight is 156 g/mol. The molecule has 1 heteroatoms. The van der Waals surface area contributed by atoms with E-state index in [2.05, 4.69) is 19.9 Å². The molecule has 0 atom stereocenters. The fraction of sp³-hybridized carbons (Fsp3) is 0.800. The van der Waals surface area contributed by atoms with Gasteiger partial charge < -0.3 is 5.11 Å². The molecule has 1 N–H and O–H groups in total. The third-order valence-corrected chi connectivity index (χ3v) is 1.67. The van der Waals surface area contributed by atoms with E-state index in [4.69, 9.17) is 5.11 Å². The Bertz CT molecular complexity index is 95.0. The van der Waals surface area contributed by atoms with Crippen LogP contribution < -0.4 is 0 Å². The van der Waals surface area contributed by atoms with Gasteiger partial charge in [0.05, 0.1) is 6.61 Å². The van der Waals surface area contributed by atoms with Crippen LogP contribution in [0.25, 0.3) is 0 Å². The van der Waals surface area contributed by atoms with Crippen molar-refractivity contribution in [2.45, 2.75) is 39.5 Å². The van der Waals surface area contributed by atoms with Gasteiger partial charge in [-0.25, -0.2) is 0 Å². The van der Waals surface area contributed by atoms with Crippen LogP contribution in [0.5, 0.6) is 0 Å². The zero-order chi connectivity index (χ0) is 8.53. The fourth-order valence-corrected chi connectivity index (χ4v) is 1.01. The minimum absolute atomic E-state index is 0.185. The Hall–Kier alpha value is -0.300. The van der Waals surface area contributed by atoms with Gasteiger partial charge in [0.1, 0.15) is 0 Å². The monoisotopic (exact) mass is 156 g/mol. The molecule has 1 nitrogen and oxygen atoms in total. The zero-order valence-corrected chi connectivity index (χ0v) is 7.71. The Balaban J connectivity index is 2.96. The number of hydrogen-bond donors (Lipinski definition) is 1. The maximum absolute atomic E-state index is 8.42. The molecule has 0 aliphatic heterocycles. The number of rotatable bonds is 6. The lowest BCUT2D eigenvalue weighted by Crippen LogP contribution is -1.85. The SMILES string of the molecule is CC(C)CCCC/C=C/CO. The molecule has 0 bridgehead atoms. The molecule has 0 saturated carbocycles. The molecule has 11 heavy (non-hydrogen) atoms. The minimum atomic E-state index is 0.185. The Morgan fingerprint density at radius 3 is 2.45 bits per heavy atom. The van der Waals surface area contributed by atoms with Crippen molar-refractivity contribution in [3.8, 4) is 0 Å². The highest BCUT2D eigenvalue weighted by molar-refractivity contribution is 4.80. The highest BCUT2D eigenvalue weighted by Crippen LogP contribution is 2.07. The smallest absolute Gasteiger partial charge is 0.0612 e. The molecule has 0 fully saturated rings. The predicted molar refractivity (Wildman–Crippen MR) is 49.5 cm³/mol. The summed E-state index contributed by atoms with van der Waals surface area (Å²) in [5.74, 6) is 0.830. The highest BCUT2D eigenvalue weighted by atomic mass is 16.2. The maximum atomic E-state index is 8.42. The van der Waals surface area contributed by atoms with Gasteiger partial charge in [0.15, 0.2) is 0 Å². The highest BCUT2D eigenvalue weighted by Gasteiger charge is 1.91. The van der Waals surface area contributed by atoms with Crippen LogP contribution in [-0.4, -0.2) is 11.7 Å². The molecular formula is C10H20O.